The van der Waals surface area contributed by atoms with Gasteiger partial charge in [-0.3, -0.25) is 0 Å². The van der Waals surface area contributed by atoms with E-state index in [0.717, 1.165) is 25.2 Å². The highest BCUT2D eigenvalue weighted by Gasteiger charge is 2.46. The first-order chi connectivity index (χ1) is 7.53. The summed E-state index contributed by atoms with van der Waals surface area (Å²) >= 11 is 2.52. The largest absolute Gasteiger partial charge is 0.346 e. The van der Waals surface area contributed by atoms with Crippen LogP contribution < -0.4 is 0 Å². The first kappa shape index (κ1) is 13.1. The standard InChI is InChI=1S/C12H21IO3/c1-8-3-9-4-10(13)7-12(5-8,6-9)16-11(14)15-2/h8-11,14H,3-7H2,1-2H3. The molecule has 2 aliphatic carbocycles. The molecule has 94 valence electrons. The van der Waals surface area contributed by atoms with E-state index < -0.39 is 6.48 Å². The topological polar surface area (TPSA) is 38.7 Å². The number of methoxy groups -OCH3 is 1. The van der Waals surface area contributed by atoms with Crippen LogP contribution in [0.5, 0.6) is 0 Å². The zero-order valence-electron chi connectivity index (χ0n) is 9.99. The van der Waals surface area contributed by atoms with Gasteiger partial charge in [0, 0.05) is 11.0 Å². The van der Waals surface area contributed by atoms with E-state index in [1.165, 1.54) is 20.0 Å². The van der Waals surface area contributed by atoms with Crippen molar-refractivity contribution in [3.8, 4) is 0 Å². The smallest absolute Gasteiger partial charge is 0.269 e. The molecule has 0 spiro atoms. The van der Waals surface area contributed by atoms with Crippen LogP contribution in [0.1, 0.15) is 39.0 Å². The second-order valence-electron chi connectivity index (χ2n) is 5.50. The Bertz CT molecular complexity index is 227. The van der Waals surface area contributed by atoms with Gasteiger partial charge < -0.3 is 14.6 Å². The van der Waals surface area contributed by atoms with Gasteiger partial charge >= 0.3 is 0 Å². The third kappa shape index (κ3) is 2.89. The van der Waals surface area contributed by atoms with E-state index in [0.29, 0.717) is 9.84 Å². The maximum absolute atomic E-state index is 9.54. The lowest BCUT2D eigenvalue weighted by molar-refractivity contribution is -0.313. The Morgan fingerprint density at radius 2 is 2.06 bits per heavy atom. The van der Waals surface area contributed by atoms with E-state index >= 15 is 0 Å². The number of fused-ring (bicyclic) bond motifs is 2. The van der Waals surface area contributed by atoms with Crippen molar-refractivity contribution >= 4 is 22.6 Å². The molecule has 2 bridgehead atoms. The van der Waals surface area contributed by atoms with Gasteiger partial charge in [0.2, 0.25) is 0 Å². The number of ether oxygens (including phenoxy) is 2. The van der Waals surface area contributed by atoms with Gasteiger partial charge in [0.05, 0.1) is 5.60 Å². The molecule has 0 radical (unpaired) electrons. The summed E-state index contributed by atoms with van der Waals surface area (Å²) in [5.41, 5.74) is -0.137. The highest BCUT2D eigenvalue weighted by Crippen LogP contribution is 2.49. The second-order valence-corrected chi connectivity index (χ2v) is 7.26. The molecule has 2 saturated carbocycles. The Kier molecular flexibility index (Phi) is 4.14. The quantitative estimate of drug-likeness (QED) is 0.488. The number of halogens is 1. The van der Waals surface area contributed by atoms with Crippen molar-refractivity contribution < 1.29 is 14.6 Å². The summed E-state index contributed by atoms with van der Waals surface area (Å²) in [6, 6.07) is 0. The predicted molar refractivity (Wildman–Crippen MR) is 70.4 cm³/mol. The molecule has 0 aliphatic heterocycles. The molecule has 0 heterocycles. The summed E-state index contributed by atoms with van der Waals surface area (Å²) in [7, 11) is 1.48. The monoisotopic (exact) mass is 340 g/mol. The number of hydrogen-bond acceptors (Lipinski definition) is 3. The molecular formula is C12H21IO3. The maximum atomic E-state index is 9.54. The van der Waals surface area contributed by atoms with Crippen LogP contribution >= 0.6 is 22.6 Å². The Morgan fingerprint density at radius 3 is 2.75 bits per heavy atom. The van der Waals surface area contributed by atoms with Crippen molar-refractivity contribution in [3.05, 3.63) is 0 Å². The minimum Gasteiger partial charge on any atom is -0.346 e. The molecule has 1 N–H and O–H groups in total. The summed E-state index contributed by atoms with van der Waals surface area (Å²) in [5.74, 6) is 1.47. The maximum Gasteiger partial charge on any atom is 0.269 e. The number of rotatable bonds is 3. The normalized spacial score (nSPS) is 45.4. The van der Waals surface area contributed by atoms with E-state index in [1.54, 1.807) is 0 Å². The SMILES string of the molecule is COC(O)OC12CC(C)CC(CC(I)C1)C2. The molecule has 5 unspecified atom stereocenters. The first-order valence-corrected chi connectivity index (χ1v) is 7.30. The van der Waals surface area contributed by atoms with Gasteiger partial charge in [-0.05, 0) is 43.9 Å². The Balaban J connectivity index is 2.08. The highest BCUT2D eigenvalue weighted by molar-refractivity contribution is 14.1. The number of aliphatic hydroxyl groups is 1. The van der Waals surface area contributed by atoms with Crippen LogP contribution in [0, 0.1) is 11.8 Å². The van der Waals surface area contributed by atoms with Crippen LogP contribution in [0.2, 0.25) is 0 Å². The summed E-state index contributed by atoms with van der Waals surface area (Å²) in [6.07, 6.45) is 5.82. The van der Waals surface area contributed by atoms with Crippen LogP contribution in [0.4, 0.5) is 0 Å². The molecule has 0 aromatic rings. The van der Waals surface area contributed by atoms with Crippen LogP contribution in [0.25, 0.3) is 0 Å². The van der Waals surface area contributed by atoms with E-state index in [2.05, 4.69) is 29.5 Å². The van der Waals surface area contributed by atoms with Gasteiger partial charge in [0.1, 0.15) is 0 Å². The predicted octanol–water partition coefficient (Wildman–Crippen LogP) is 2.70. The zero-order chi connectivity index (χ0) is 11.8. The minimum absolute atomic E-state index is 0.137. The fourth-order valence-corrected chi connectivity index (χ4v) is 5.10. The van der Waals surface area contributed by atoms with E-state index in [-0.39, 0.29) is 5.60 Å². The van der Waals surface area contributed by atoms with Gasteiger partial charge in [-0.15, -0.1) is 0 Å². The first-order valence-electron chi connectivity index (χ1n) is 6.06. The summed E-state index contributed by atoms with van der Waals surface area (Å²) in [5, 5.41) is 9.54. The Morgan fingerprint density at radius 1 is 1.31 bits per heavy atom. The van der Waals surface area contributed by atoms with Gasteiger partial charge in [-0.2, -0.15) is 0 Å². The molecule has 0 aromatic carbocycles. The third-order valence-corrected chi connectivity index (χ3v) is 4.80. The Hall–Kier alpha value is 0.610. The van der Waals surface area contributed by atoms with Crippen LogP contribution in [-0.4, -0.2) is 28.2 Å². The zero-order valence-corrected chi connectivity index (χ0v) is 12.1. The van der Waals surface area contributed by atoms with Gasteiger partial charge in [-0.1, -0.05) is 29.5 Å². The highest BCUT2D eigenvalue weighted by atomic mass is 127. The van der Waals surface area contributed by atoms with Crippen LogP contribution in [0.3, 0.4) is 0 Å². The molecule has 0 aromatic heterocycles. The van der Waals surface area contributed by atoms with Crippen molar-refractivity contribution in [1.29, 1.82) is 0 Å². The van der Waals surface area contributed by atoms with Gasteiger partial charge in [-0.25, -0.2) is 0 Å². The molecule has 0 amide bonds. The van der Waals surface area contributed by atoms with E-state index in [1.807, 2.05) is 0 Å². The fraction of sp³-hybridized carbons (Fsp3) is 1.00. The van der Waals surface area contributed by atoms with Crippen LogP contribution in [-0.2, 0) is 9.47 Å². The van der Waals surface area contributed by atoms with Gasteiger partial charge in [0.15, 0.2) is 0 Å². The van der Waals surface area contributed by atoms with Crippen LogP contribution in [0.15, 0.2) is 0 Å². The van der Waals surface area contributed by atoms with Crippen molar-refractivity contribution in [2.75, 3.05) is 7.11 Å². The van der Waals surface area contributed by atoms with Crippen molar-refractivity contribution in [2.24, 2.45) is 11.8 Å². The molecule has 2 rings (SSSR count). The third-order valence-electron chi connectivity index (χ3n) is 3.85. The lowest BCUT2D eigenvalue weighted by atomic mass is 9.65. The molecule has 2 fully saturated rings. The van der Waals surface area contributed by atoms with Crippen molar-refractivity contribution in [2.45, 2.75) is 55.0 Å². The lowest BCUT2D eigenvalue weighted by Gasteiger charge is -2.49. The average Bonchev–Trinajstić information content (AvgIpc) is 2.13. The summed E-state index contributed by atoms with van der Waals surface area (Å²) < 4.78 is 11.3. The fourth-order valence-electron chi connectivity index (χ4n) is 3.58. The van der Waals surface area contributed by atoms with E-state index in [4.69, 9.17) is 9.47 Å². The number of hydrogen-bond donors (Lipinski definition) is 1. The van der Waals surface area contributed by atoms with Crippen molar-refractivity contribution in [3.63, 3.8) is 0 Å². The molecule has 16 heavy (non-hydrogen) atoms. The average molecular weight is 340 g/mol. The Labute approximate surface area is 111 Å². The minimum atomic E-state index is -1.06. The molecule has 3 nitrogen and oxygen atoms in total. The summed E-state index contributed by atoms with van der Waals surface area (Å²) in [6.45, 7) is 1.23. The lowest BCUT2D eigenvalue weighted by Crippen LogP contribution is -2.49. The number of aliphatic hydroxyl groups excluding tert-OH is 1. The molecule has 0 saturated heterocycles. The number of alkyl halides is 1. The molecule has 5 atom stereocenters. The molecular weight excluding hydrogens is 319 g/mol. The summed E-state index contributed by atoms with van der Waals surface area (Å²) in [4.78, 5) is 0. The molecule has 4 heteroatoms. The van der Waals surface area contributed by atoms with Crippen molar-refractivity contribution in [1.82, 2.24) is 0 Å². The van der Waals surface area contributed by atoms with E-state index in [9.17, 15) is 5.11 Å². The molecule has 2 aliphatic rings. The second kappa shape index (κ2) is 5.08. The van der Waals surface area contributed by atoms with Gasteiger partial charge in [0.25, 0.3) is 6.48 Å².